The molecule has 70 valence electrons. The summed E-state index contributed by atoms with van der Waals surface area (Å²) in [6.45, 7) is 0. The van der Waals surface area contributed by atoms with Crippen LogP contribution in [0.1, 0.15) is 10.4 Å². The Hall–Kier alpha value is -1.16. The fourth-order valence-corrected chi connectivity index (χ4v) is 1.51. The quantitative estimate of drug-likeness (QED) is 0.709. The Labute approximate surface area is 82.4 Å². The lowest BCUT2D eigenvalue weighted by atomic mass is 10.2. The Bertz CT molecular complexity index is 336. The minimum Gasteiger partial charge on any atom is -0.478 e. The van der Waals surface area contributed by atoms with Crippen molar-refractivity contribution in [3.63, 3.8) is 0 Å². The summed E-state index contributed by atoms with van der Waals surface area (Å²) in [6, 6.07) is 5.07. The van der Waals surface area contributed by atoms with Crippen LogP contribution >= 0.6 is 12.6 Å². The van der Waals surface area contributed by atoms with Crippen LogP contribution in [0.5, 0.6) is 0 Å². The van der Waals surface area contributed by atoms with E-state index in [0.717, 1.165) is 5.69 Å². The highest BCUT2D eigenvalue weighted by Gasteiger charge is 2.11. The molecule has 0 aliphatic heterocycles. The molecule has 0 aliphatic carbocycles. The molecule has 0 heterocycles. The van der Waals surface area contributed by atoms with Crippen LogP contribution in [0.15, 0.2) is 23.1 Å². The molecule has 0 saturated carbocycles. The molecule has 1 aromatic carbocycles. The monoisotopic (exact) mass is 197 g/mol. The summed E-state index contributed by atoms with van der Waals surface area (Å²) in [5.74, 6) is -0.950. The molecular formula is C9H11NO2S. The van der Waals surface area contributed by atoms with Gasteiger partial charge in [0.15, 0.2) is 0 Å². The van der Waals surface area contributed by atoms with Crippen LogP contribution in [0.4, 0.5) is 5.69 Å². The van der Waals surface area contributed by atoms with Crippen molar-refractivity contribution in [2.45, 2.75) is 4.90 Å². The van der Waals surface area contributed by atoms with Gasteiger partial charge in [0.25, 0.3) is 0 Å². The third-order valence-corrected chi connectivity index (χ3v) is 2.20. The summed E-state index contributed by atoms with van der Waals surface area (Å²) >= 11 is 4.17. The zero-order chi connectivity index (χ0) is 10.0. The molecule has 0 unspecified atom stereocenters. The van der Waals surface area contributed by atoms with Crippen LogP contribution in [-0.4, -0.2) is 25.2 Å². The maximum Gasteiger partial charge on any atom is 0.336 e. The Morgan fingerprint density at radius 3 is 2.54 bits per heavy atom. The van der Waals surface area contributed by atoms with E-state index in [1.807, 2.05) is 25.1 Å². The first kappa shape index (κ1) is 9.92. The number of carbonyl (C=O) groups is 1. The lowest BCUT2D eigenvalue weighted by molar-refractivity contribution is 0.0693. The number of benzene rings is 1. The van der Waals surface area contributed by atoms with Crippen molar-refractivity contribution in [3.8, 4) is 0 Å². The fraction of sp³-hybridized carbons (Fsp3) is 0.222. The molecule has 4 heteroatoms. The second-order valence-corrected chi connectivity index (χ2v) is 3.32. The van der Waals surface area contributed by atoms with Gasteiger partial charge in [-0.1, -0.05) is 6.07 Å². The van der Waals surface area contributed by atoms with E-state index in [9.17, 15) is 4.79 Å². The maximum absolute atomic E-state index is 10.7. The first-order chi connectivity index (χ1) is 6.04. The zero-order valence-corrected chi connectivity index (χ0v) is 8.38. The third-order valence-electron chi connectivity index (χ3n) is 1.73. The summed E-state index contributed by atoms with van der Waals surface area (Å²) in [7, 11) is 3.70. The minimum atomic E-state index is -0.950. The van der Waals surface area contributed by atoms with Crippen LogP contribution in [0.25, 0.3) is 0 Å². The summed E-state index contributed by atoms with van der Waals surface area (Å²) in [5, 5.41) is 8.80. The van der Waals surface area contributed by atoms with E-state index in [1.54, 1.807) is 6.07 Å². The molecule has 0 amide bonds. The van der Waals surface area contributed by atoms with Crippen molar-refractivity contribution in [2.75, 3.05) is 19.0 Å². The van der Waals surface area contributed by atoms with Gasteiger partial charge in [0.2, 0.25) is 0 Å². The molecule has 3 nitrogen and oxygen atoms in total. The van der Waals surface area contributed by atoms with Crippen molar-refractivity contribution in [1.82, 2.24) is 0 Å². The van der Waals surface area contributed by atoms with Gasteiger partial charge in [0, 0.05) is 19.0 Å². The Morgan fingerprint density at radius 2 is 2.08 bits per heavy atom. The van der Waals surface area contributed by atoms with Crippen molar-refractivity contribution >= 4 is 24.3 Å². The topological polar surface area (TPSA) is 40.5 Å². The van der Waals surface area contributed by atoms with Crippen LogP contribution in [0.3, 0.4) is 0 Å². The third kappa shape index (κ3) is 1.95. The van der Waals surface area contributed by atoms with E-state index in [2.05, 4.69) is 12.6 Å². The van der Waals surface area contributed by atoms with E-state index in [-0.39, 0.29) is 5.56 Å². The van der Waals surface area contributed by atoms with E-state index in [1.165, 1.54) is 6.07 Å². The zero-order valence-electron chi connectivity index (χ0n) is 7.48. The number of rotatable bonds is 2. The van der Waals surface area contributed by atoms with E-state index < -0.39 is 5.97 Å². The molecule has 0 saturated heterocycles. The number of aromatic carboxylic acids is 1. The fourth-order valence-electron chi connectivity index (χ4n) is 1.06. The van der Waals surface area contributed by atoms with Crippen molar-refractivity contribution in [3.05, 3.63) is 23.8 Å². The highest BCUT2D eigenvalue weighted by atomic mass is 32.1. The molecule has 1 N–H and O–H groups in total. The van der Waals surface area contributed by atoms with E-state index >= 15 is 0 Å². The van der Waals surface area contributed by atoms with Gasteiger partial charge in [-0.25, -0.2) is 4.79 Å². The average molecular weight is 197 g/mol. The number of thiol groups is 1. The molecule has 0 radical (unpaired) electrons. The Kier molecular flexibility index (Phi) is 2.83. The number of hydrogen-bond acceptors (Lipinski definition) is 3. The number of hydrogen-bond donors (Lipinski definition) is 2. The molecule has 1 aromatic rings. The molecule has 0 fully saturated rings. The van der Waals surface area contributed by atoms with Crippen LogP contribution in [0, 0.1) is 0 Å². The van der Waals surface area contributed by atoms with Crippen molar-refractivity contribution in [1.29, 1.82) is 0 Å². The van der Waals surface area contributed by atoms with E-state index in [4.69, 9.17) is 5.11 Å². The number of nitrogens with zero attached hydrogens (tertiary/aromatic N) is 1. The largest absolute Gasteiger partial charge is 0.478 e. The van der Waals surface area contributed by atoms with Gasteiger partial charge in [-0.2, -0.15) is 0 Å². The standard InChI is InChI=1S/C9H11NO2S/c1-10(2)7-5-3-4-6(8(7)13)9(11)12/h3-5,13H,1-2H3,(H,11,12). The predicted octanol–water partition coefficient (Wildman–Crippen LogP) is 1.74. The molecule has 0 aliphatic rings. The second kappa shape index (κ2) is 3.70. The molecule has 0 aromatic heterocycles. The SMILES string of the molecule is CN(C)c1cccc(C(=O)O)c1S. The highest BCUT2D eigenvalue weighted by molar-refractivity contribution is 7.80. The first-order valence-electron chi connectivity index (χ1n) is 3.76. The molecule has 0 spiro atoms. The predicted molar refractivity (Wildman–Crippen MR) is 55.0 cm³/mol. The minimum absolute atomic E-state index is 0.231. The Balaban J connectivity index is 3.26. The number of carboxylic acid groups (broad SMARTS) is 1. The van der Waals surface area contributed by atoms with Gasteiger partial charge < -0.3 is 10.0 Å². The van der Waals surface area contributed by atoms with Crippen LogP contribution < -0.4 is 4.90 Å². The van der Waals surface area contributed by atoms with Gasteiger partial charge in [-0.15, -0.1) is 12.6 Å². The molecule has 0 bridgehead atoms. The van der Waals surface area contributed by atoms with Gasteiger partial charge in [0.05, 0.1) is 11.3 Å². The summed E-state index contributed by atoms with van der Waals surface area (Å²) in [6.07, 6.45) is 0. The molecule has 0 atom stereocenters. The smallest absolute Gasteiger partial charge is 0.336 e. The average Bonchev–Trinajstić information content (AvgIpc) is 2.03. The number of carboxylic acids is 1. The van der Waals surface area contributed by atoms with E-state index in [0.29, 0.717) is 4.90 Å². The maximum atomic E-state index is 10.7. The molecule has 13 heavy (non-hydrogen) atoms. The van der Waals surface area contributed by atoms with Gasteiger partial charge >= 0.3 is 5.97 Å². The summed E-state index contributed by atoms with van der Waals surface area (Å²) in [5.41, 5.74) is 1.04. The molecule has 1 rings (SSSR count). The highest BCUT2D eigenvalue weighted by Crippen LogP contribution is 2.25. The summed E-state index contributed by atoms with van der Waals surface area (Å²) < 4.78 is 0. The second-order valence-electron chi connectivity index (χ2n) is 2.87. The van der Waals surface area contributed by atoms with Gasteiger partial charge in [0.1, 0.15) is 0 Å². The van der Waals surface area contributed by atoms with Crippen LogP contribution in [-0.2, 0) is 0 Å². The molecular weight excluding hydrogens is 186 g/mol. The normalized spacial score (nSPS) is 9.77. The summed E-state index contributed by atoms with van der Waals surface area (Å²) in [4.78, 5) is 13.1. The van der Waals surface area contributed by atoms with Gasteiger partial charge in [-0.3, -0.25) is 0 Å². The lowest BCUT2D eigenvalue weighted by Crippen LogP contribution is -2.11. The van der Waals surface area contributed by atoms with Gasteiger partial charge in [-0.05, 0) is 12.1 Å². The van der Waals surface area contributed by atoms with Crippen LogP contribution in [0.2, 0.25) is 0 Å². The lowest BCUT2D eigenvalue weighted by Gasteiger charge is -2.15. The van der Waals surface area contributed by atoms with Crippen molar-refractivity contribution < 1.29 is 9.90 Å². The first-order valence-corrected chi connectivity index (χ1v) is 4.21. The number of anilines is 1. The Morgan fingerprint density at radius 1 is 1.46 bits per heavy atom. The van der Waals surface area contributed by atoms with Crippen molar-refractivity contribution in [2.24, 2.45) is 0 Å².